The molecule has 7 heteroatoms. The molecule has 0 radical (unpaired) electrons. The number of amides is 1. The Morgan fingerprint density at radius 2 is 1.90 bits per heavy atom. The molecule has 30 heavy (non-hydrogen) atoms. The molecule has 0 bridgehead atoms. The Morgan fingerprint density at radius 3 is 2.67 bits per heavy atom. The Balaban J connectivity index is 1.62. The molecule has 0 atom stereocenters. The summed E-state index contributed by atoms with van der Waals surface area (Å²) in [6.45, 7) is 1.81. The average molecular weight is 419 g/mol. The molecule has 0 aliphatic rings. The van der Waals surface area contributed by atoms with E-state index in [1.165, 1.54) is 34.7 Å². The predicted octanol–water partition coefficient (Wildman–Crippen LogP) is 5.19. The predicted molar refractivity (Wildman–Crippen MR) is 118 cm³/mol. The lowest BCUT2D eigenvalue weighted by molar-refractivity contribution is -0.120. The van der Waals surface area contributed by atoms with Gasteiger partial charge in [-0.15, -0.1) is 0 Å². The maximum Gasteiger partial charge on any atom is 0.287 e. The topological polar surface area (TPSA) is 54.8 Å². The monoisotopic (exact) mass is 419 g/mol. The van der Waals surface area contributed by atoms with Gasteiger partial charge in [0, 0.05) is 0 Å². The Hall–Kier alpha value is -3.58. The number of carbonyl (C=O) groups is 1. The number of hydrogen-bond donors (Lipinski definition) is 0. The summed E-state index contributed by atoms with van der Waals surface area (Å²) in [4.78, 5) is 17.5. The van der Waals surface area contributed by atoms with E-state index in [-0.39, 0.29) is 18.3 Å². The average Bonchev–Trinajstić information content (AvgIpc) is 3.17. The fourth-order valence-electron chi connectivity index (χ4n) is 2.73. The summed E-state index contributed by atoms with van der Waals surface area (Å²) >= 11 is 1.37. The largest absolute Gasteiger partial charge is 0.484 e. The second-order valence-electron chi connectivity index (χ2n) is 6.57. The zero-order chi connectivity index (χ0) is 20.9. The van der Waals surface area contributed by atoms with E-state index in [0.29, 0.717) is 16.4 Å². The van der Waals surface area contributed by atoms with Gasteiger partial charge >= 0.3 is 0 Å². The number of aromatic nitrogens is 1. The van der Waals surface area contributed by atoms with E-state index in [1.807, 2.05) is 43.3 Å². The summed E-state index contributed by atoms with van der Waals surface area (Å²) in [7, 11) is 0. The number of rotatable bonds is 6. The van der Waals surface area contributed by atoms with Crippen LogP contribution in [0.5, 0.6) is 5.75 Å². The van der Waals surface area contributed by atoms with Crippen molar-refractivity contribution >= 4 is 38.8 Å². The quantitative estimate of drug-likeness (QED) is 0.319. The normalized spacial score (nSPS) is 11.1. The molecule has 5 nitrogen and oxygen atoms in total. The molecule has 0 aliphatic carbocycles. The number of halogens is 1. The van der Waals surface area contributed by atoms with Crippen LogP contribution in [0.25, 0.3) is 10.2 Å². The molecule has 3 aromatic carbocycles. The van der Waals surface area contributed by atoms with E-state index < -0.39 is 0 Å². The lowest BCUT2D eigenvalue weighted by Gasteiger charge is -2.14. The van der Waals surface area contributed by atoms with Crippen LogP contribution in [0.2, 0.25) is 0 Å². The van der Waals surface area contributed by atoms with Gasteiger partial charge in [-0.05, 0) is 54.4 Å². The molecular weight excluding hydrogens is 401 g/mol. The van der Waals surface area contributed by atoms with Crippen molar-refractivity contribution in [1.82, 2.24) is 4.98 Å². The number of fused-ring (bicyclic) bond motifs is 1. The zero-order valence-electron chi connectivity index (χ0n) is 16.2. The Labute approximate surface area is 177 Å². The third-order valence-corrected chi connectivity index (χ3v) is 5.24. The molecule has 150 valence electrons. The summed E-state index contributed by atoms with van der Waals surface area (Å²) < 4.78 is 19.7. The SMILES string of the molecule is Cc1ccc2nc(N(/N=C/c3ccc(F)cc3)C(=O)COc3ccccc3)sc2c1. The van der Waals surface area contributed by atoms with Gasteiger partial charge in [-0.25, -0.2) is 9.37 Å². The minimum absolute atomic E-state index is 0.195. The second kappa shape index (κ2) is 8.84. The number of thiazole rings is 1. The van der Waals surface area contributed by atoms with E-state index >= 15 is 0 Å². The maximum absolute atomic E-state index is 13.2. The van der Waals surface area contributed by atoms with Crippen LogP contribution < -0.4 is 9.75 Å². The van der Waals surface area contributed by atoms with Crippen LogP contribution in [0.1, 0.15) is 11.1 Å². The van der Waals surface area contributed by atoms with Crippen molar-refractivity contribution < 1.29 is 13.9 Å². The minimum Gasteiger partial charge on any atom is -0.484 e. The van der Waals surface area contributed by atoms with Crippen LogP contribution in [-0.4, -0.2) is 23.7 Å². The first-order chi connectivity index (χ1) is 14.6. The summed E-state index contributed by atoms with van der Waals surface area (Å²) in [6, 6.07) is 20.8. The van der Waals surface area contributed by atoms with E-state index in [2.05, 4.69) is 10.1 Å². The van der Waals surface area contributed by atoms with Gasteiger partial charge in [-0.1, -0.05) is 47.7 Å². The van der Waals surface area contributed by atoms with Crippen LogP contribution >= 0.6 is 11.3 Å². The van der Waals surface area contributed by atoms with Gasteiger partial charge in [0.1, 0.15) is 11.6 Å². The number of nitrogens with zero attached hydrogens (tertiary/aromatic N) is 3. The molecule has 1 aromatic heterocycles. The second-order valence-corrected chi connectivity index (χ2v) is 7.58. The lowest BCUT2D eigenvalue weighted by atomic mass is 10.2. The van der Waals surface area contributed by atoms with Crippen molar-refractivity contribution in [2.24, 2.45) is 5.10 Å². The number of hydrogen-bond acceptors (Lipinski definition) is 5. The van der Waals surface area contributed by atoms with E-state index in [4.69, 9.17) is 4.74 Å². The smallest absolute Gasteiger partial charge is 0.287 e. The number of benzene rings is 3. The highest BCUT2D eigenvalue weighted by Gasteiger charge is 2.20. The van der Waals surface area contributed by atoms with Crippen molar-refractivity contribution in [2.75, 3.05) is 11.6 Å². The first kappa shape index (κ1) is 19.7. The third kappa shape index (κ3) is 4.69. The van der Waals surface area contributed by atoms with Gasteiger partial charge in [-0.2, -0.15) is 10.1 Å². The molecule has 0 unspecified atom stereocenters. The number of carbonyl (C=O) groups excluding carboxylic acids is 1. The standard InChI is InChI=1S/C23H18FN3O2S/c1-16-7-12-20-21(13-16)30-23(26-20)27(25-14-17-8-10-18(24)11-9-17)22(28)15-29-19-5-3-2-4-6-19/h2-14H,15H2,1H3/b25-14+. The minimum atomic E-state index is -0.368. The Morgan fingerprint density at radius 1 is 1.13 bits per heavy atom. The summed E-state index contributed by atoms with van der Waals surface area (Å²) in [5, 5.41) is 6.00. The van der Waals surface area contributed by atoms with Crippen molar-refractivity contribution in [2.45, 2.75) is 6.92 Å². The highest BCUT2D eigenvalue weighted by Crippen LogP contribution is 2.30. The summed E-state index contributed by atoms with van der Waals surface area (Å²) in [5.74, 6) is -0.112. The van der Waals surface area contributed by atoms with Gasteiger partial charge < -0.3 is 4.74 Å². The van der Waals surface area contributed by atoms with Gasteiger partial charge in [0.25, 0.3) is 5.91 Å². The molecule has 0 saturated heterocycles. The molecular formula is C23H18FN3O2S. The van der Waals surface area contributed by atoms with Crippen LogP contribution in [0.15, 0.2) is 77.9 Å². The van der Waals surface area contributed by atoms with Gasteiger partial charge in [0.05, 0.1) is 16.4 Å². The first-order valence-electron chi connectivity index (χ1n) is 9.26. The fraction of sp³-hybridized carbons (Fsp3) is 0.0870. The highest BCUT2D eigenvalue weighted by atomic mass is 32.1. The number of anilines is 1. The molecule has 0 spiro atoms. The molecule has 0 N–H and O–H groups in total. The zero-order valence-corrected chi connectivity index (χ0v) is 17.0. The molecule has 4 rings (SSSR count). The van der Waals surface area contributed by atoms with Crippen LogP contribution in [0.3, 0.4) is 0 Å². The highest BCUT2D eigenvalue weighted by molar-refractivity contribution is 7.22. The maximum atomic E-state index is 13.2. The van der Waals surface area contributed by atoms with E-state index in [0.717, 1.165) is 15.8 Å². The molecule has 1 heterocycles. The summed E-state index contributed by atoms with van der Waals surface area (Å²) in [6.07, 6.45) is 1.50. The van der Waals surface area contributed by atoms with Crippen LogP contribution in [-0.2, 0) is 4.79 Å². The van der Waals surface area contributed by atoms with Crippen LogP contribution in [0, 0.1) is 12.7 Å². The number of para-hydroxylation sites is 1. The Bertz CT molecular complexity index is 1190. The third-order valence-electron chi connectivity index (χ3n) is 4.25. The van der Waals surface area contributed by atoms with Gasteiger partial charge in [0.2, 0.25) is 5.13 Å². The van der Waals surface area contributed by atoms with Crippen LogP contribution in [0.4, 0.5) is 9.52 Å². The lowest BCUT2D eigenvalue weighted by Crippen LogP contribution is -2.30. The number of aryl methyl sites for hydroxylation is 1. The molecule has 4 aromatic rings. The number of ether oxygens (including phenoxy) is 1. The Kier molecular flexibility index (Phi) is 5.81. The van der Waals surface area contributed by atoms with Crippen molar-refractivity contribution in [3.63, 3.8) is 0 Å². The molecule has 0 saturated carbocycles. The van der Waals surface area contributed by atoms with Crippen molar-refractivity contribution in [3.05, 3.63) is 89.7 Å². The number of hydrazone groups is 1. The van der Waals surface area contributed by atoms with Gasteiger partial charge in [0.15, 0.2) is 6.61 Å². The summed E-state index contributed by atoms with van der Waals surface area (Å²) in [5.41, 5.74) is 2.56. The first-order valence-corrected chi connectivity index (χ1v) is 10.1. The van der Waals surface area contributed by atoms with E-state index in [9.17, 15) is 9.18 Å². The molecule has 0 aliphatic heterocycles. The fourth-order valence-corrected chi connectivity index (χ4v) is 3.77. The van der Waals surface area contributed by atoms with Crippen molar-refractivity contribution in [1.29, 1.82) is 0 Å². The van der Waals surface area contributed by atoms with E-state index in [1.54, 1.807) is 24.3 Å². The molecule has 0 fully saturated rings. The van der Waals surface area contributed by atoms with Gasteiger partial charge in [-0.3, -0.25) is 4.79 Å². The molecule has 1 amide bonds. The van der Waals surface area contributed by atoms with Crippen molar-refractivity contribution in [3.8, 4) is 5.75 Å².